The number of thioether (sulfide) groups is 1. The van der Waals surface area contributed by atoms with Crippen LogP contribution in [-0.4, -0.2) is 6.26 Å². The van der Waals surface area contributed by atoms with Gasteiger partial charge in [-0.15, -0.1) is 11.8 Å². The van der Waals surface area contributed by atoms with Crippen LogP contribution in [0.3, 0.4) is 0 Å². The lowest BCUT2D eigenvalue weighted by atomic mass is 10.2. The van der Waals surface area contributed by atoms with Gasteiger partial charge in [-0.2, -0.15) is 5.26 Å². The van der Waals surface area contributed by atoms with Crippen LogP contribution in [0.15, 0.2) is 47.4 Å². The van der Waals surface area contributed by atoms with E-state index in [1.807, 2.05) is 36.6 Å². The largest absolute Gasteiger partial charge is 0.456 e. The number of ether oxygens (including phenoxy) is 1. The van der Waals surface area contributed by atoms with Crippen LogP contribution in [0, 0.1) is 11.3 Å². The highest BCUT2D eigenvalue weighted by Gasteiger charge is 2.05. The van der Waals surface area contributed by atoms with Gasteiger partial charge in [0.15, 0.2) is 0 Å². The van der Waals surface area contributed by atoms with Crippen LogP contribution in [0.4, 0.5) is 5.69 Å². The van der Waals surface area contributed by atoms with E-state index in [4.69, 9.17) is 15.7 Å². The zero-order chi connectivity index (χ0) is 13.0. The summed E-state index contributed by atoms with van der Waals surface area (Å²) in [4.78, 5) is 1.06. The van der Waals surface area contributed by atoms with Crippen LogP contribution in [0.5, 0.6) is 11.5 Å². The van der Waals surface area contributed by atoms with Gasteiger partial charge in [0.25, 0.3) is 0 Å². The van der Waals surface area contributed by atoms with Crippen molar-refractivity contribution in [2.75, 3.05) is 12.0 Å². The van der Waals surface area contributed by atoms with Crippen molar-refractivity contribution in [3.8, 4) is 17.6 Å². The topological polar surface area (TPSA) is 59.0 Å². The van der Waals surface area contributed by atoms with Gasteiger partial charge in [-0.05, 0) is 30.5 Å². The third kappa shape index (κ3) is 2.58. The average Bonchev–Trinajstić information content (AvgIpc) is 2.39. The van der Waals surface area contributed by atoms with E-state index in [1.165, 1.54) is 0 Å². The summed E-state index contributed by atoms with van der Waals surface area (Å²) in [6.45, 7) is 0. The normalized spacial score (nSPS) is 9.78. The molecule has 0 bridgehead atoms. The lowest BCUT2D eigenvalue weighted by Crippen LogP contribution is -1.92. The highest BCUT2D eigenvalue weighted by molar-refractivity contribution is 7.98. The molecule has 0 saturated heterocycles. The number of nitrogens with zero attached hydrogens (tertiary/aromatic N) is 1. The SMILES string of the molecule is CSc1ccccc1Oc1ccc(C#N)c(N)c1. The van der Waals surface area contributed by atoms with Gasteiger partial charge in [-0.3, -0.25) is 0 Å². The molecule has 0 spiro atoms. The maximum absolute atomic E-state index is 8.81. The molecule has 0 saturated carbocycles. The van der Waals surface area contributed by atoms with Crippen molar-refractivity contribution in [3.63, 3.8) is 0 Å². The number of hydrogen-bond acceptors (Lipinski definition) is 4. The maximum Gasteiger partial charge on any atom is 0.140 e. The lowest BCUT2D eigenvalue weighted by Gasteiger charge is -2.10. The molecule has 0 aliphatic carbocycles. The molecule has 0 heterocycles. The molecule has 0 fully saturated rings. The summed E-state index contributed by atoms with van der Waals surface area (Å²) in [7, 11) is 0. The highest BCUT2D eigenvalue weighted by atomic mass is 32.2. The fourth-order valence-electron chi connectivity index (χ4n) is 1.54. The van der Waals surface area contributed by atoms with Crippen molar-refractivity contribution in [2.24, 2.45) is 0 Å². The van der Waals surface area contributed by atoms with Gasteiger partial charge >= 0.3 is 0 Å². The number of para-hydroxylation sites is 1. The predicted octanol–water partition coefficient (Wildman–Crippen LogP) is 3.65. The summed E-state index contributed by atoms with van der Waals surface area (Å²) in [6.07, 6.45) is 2.00. The van der Waals surface area contributed by atoms with Crippen molar-refractivity contribution in [3.05, 3.63) is 48.0 Å². The zero-order valence-electron chi connectivity index (χ0n) is 9.88. The summed E-state index contributed by atoms with van der Waals surface area (Å²) in [6, 6.07) is 14.9. The second kappa shape index (κ2) is 5.48. The molecule has 4 heteroatoms. The third-order valence-corrected chi connectivity index (χ3v) is 3.22. The zero-order valence-corrected chi connectivity index (χ0v) is 10.7. The van der Waals surface area contributed by atoms with E-state index >= 15 is 0 Å². The first-order chi connectivity index (χ1) is 8.74. The van der Waals surface area contributed by atoms with E-state index in [2.05, 4.69) is 0 Å². The molecule has 2 aromatic rings. The number of nitrogen functional groups attached to an aromatic ring is 1. The summed E-state index contributed by atoms with van der Waals surface area (Å²) in [5.41, 5.74) is 6.63. The Kier molecular flexibility index (Phi) is 3.75. The Morgan fingerprint density at radius 1 is 1.22 bits per heavy atom. The molecular formula is C14H12N2OS. The van der Waals surface area contributed by atoms with Crippen LogP contribution in [-0.2, 0) is 0 Å². The van der Waals surface area contributed by atoms with E-state index in [0.717, 1.165) is 10.6 Å². The molecule has 0 aromatic heterocycles. The third-order valence-electron chi connectivity index (χ3n) is 2.44. The Bertz CT molecular complexity index is 605. The first-order valence-electron chi connectivity index (χ1n) is 5.35. The smallest absolute Gasteiger partial charge is 0.140 e. The van der Waals surface area contributed by atoms with Gasteiger partial charge in [0, 0.05) is 11.0 Å². The predicted molar refractivity (Wildman–Crippen MR) is 73.9 cm³/mol. The van der Waals surface area contributed by atoms with Crippen LogP contribution in [0.2, 0.25) is 0 Å². The van der Waals surface area contributed by atoms with Crippen LogP contribution >= 0.6 is 11.8 Å². The van der Waals surface area contributed by atoms with Gasteiger partial charge < -0.3 is 10.5 Å². The Morgan fingerprint density at radius 3 is 2.67 bits per heavy atom. The van der Waals surface area contributed by atoms with Crippen molar-refractivity contribution >= 4 is 17.4 Å². The monoisotopic (exact) mass is 256 g/mol. The van der Waals surface area contributed by atoms with Crippen LogP contribution < -0.4 is 10.5 Å². The minimum atomic E-state index is 0.427. The molecule has 90 valence electrons. The Balaban J connectivity index is 2.29. The Labute approximate surface area is 110 Å². The fourth-order valence-corrected chi connectivity index (χ4v) is 2.06. The molecular weight excluding hydrogens is 244 g/mol. The molecule has 0 aliphatic heterocycles. The average molecular weight is 256 g/mol. The number of rotatable bonds is 3. The molecule has 18 heavy (non-hydrogen) atoms. The summed E-state index contributed by atoms with van der Waals surface area (Å²) in [5, 5.41) is 8.81. The van der Waals surface area contributed by atoms with Crippen LogP contribution in [0.25, 0.3) is 0 Å². The first-order valence-corrected chi connectivity index (χ1v) is 6.57. The number of nitriles is 1. The van der Waals surface area contributed by atoms with Gasteiger partial charge in [-0.25, -0.2) is 0 Å². The van der Waals surface area contributed by atoms with Crippen molar-refractivity contribution < 1.29 is 4.74 Å². The van der Waals surface area contributed by atoms with Crippen molar-refractivity contribution in [1.82, 2.24) is 0 Å². The molecule has 0 atom stereocenters. The Morgan fingerprint density at radius 2 is 2.00 bits per heavy atom. The minimum Gasteiger partial charge on any atom is -0.456 e. The molecule has 3 nitrogen and oxygen atoms in total. The van der Waals surface area contributed by atoms with E-state index in [1.54, 1.807) is 30.0 Å². The summed E-state index contributed by atoms with van der Waals surface area (Å²) in [5.74, 6) is 1.42. The first kappa shape index (κ1) is 12.3. The number of nitrogens with two attached hydrogens (primary N) is 1. The fraction of sp³-hybridized carbons (Fsp3) is 0.0714. The van der Waals surface area contributed by atoms with E-state index in [-0.39, 0.29) is 0 Å². The Hall–Kier alpha value is -2.12. The standard InChI is InChI=1S/C14H12N2OS/c1-18-14-5-3-2-4-13(14)17-11-7-6-10(9-15)12(16)8-11/h2-8H,16H2,1H3. The number of anilines is 1. The minimum absolute atomic E-state index is 0.427. The second-order valence-corrected chi connectivity index (χ2v) is 4.46. The van der Waals surface area contributed by atoms with E-state index < -0.39 is 0 Å². The molecule has 2 N–H and O–H groups in total. The van der Waals surface area contributed by atoms with E-state index in [9.17, 15) is 0 Å². The number of benzene rings is 2. The lowest BCUT2D eigenvalue weighted by molar-refractivity contribution is 0.471. The van der Waals surface area contributed by atoms with Crippen molar-refractivity contribution in [2.45, 2.75) is 4.90 Å². The van der Waals surface area contributed by atoms with Gasteiger partial charge in [0.1, 0.15) is 17.6 Å². The van der Waals surface area contributed by atoms with Crippen LogP contribution in [0.1, 0.15) is 5.56 Å². The molecule has 0 aliphatic rings. The number of hydrogen-bond donors (Lipinski definition) is 1. The molecule has 2 aromatic carbocycles. The van der Waals surface area contributed by atoms with Gasteiger partial charge in [0.2, 0.25) is 0 Å². The molecule has 2 rings (SSSR count). The molecule has 0 unspecified atom stereocenters. The maximum atomic E-state index is 8.81. The highest BCUT2D eigenvalue weighted by Crippen LogP contribution is 2.32. The summed E-state index contributed by atoms with van der Waals surface area (Å²) >= 11 is 1.62. The summed E-state index contributed by atoms with van der Waals surface area (Å²) < 4.78 is 5.77. The molecule has 0 radical (unpaired) electrons. The second-order valence-electron chi connectivity index (χ2n) is 3.61. The quantitative estimate of drug-likeness (QED) is 0.672. The van der Waals surface area contributed by atoms with E-state index in [0.29, 0.717) is 17.0 Å². The van der Waals surface area contributed by atoms with Gasteiger partial charge in [0.05, 0.1) is 11.3 Å². The molecule has 0 amide bonds. The van der Waals surface area contributed by atoms with Gasteiger partial charge in [-0.1, -0.05) is 12.1 Å². The van der Waals surface area contributed by atoms with Crippen molar-refractivity contribution in [1.29, 1.82) is 5.26 Å².